The zero-order valence-corrected chi connectivity index (χ0v) is 16.3. The molecule has 0 atom stereocenters. The molecule has 0 fully saturated rings. The summed E-state index contributed by atoms with van der Waals surface area (Å²) >= 11 is 5.91. The number of carbonyl (C=O) groups excluding carboxylic acids is 1. The van der Waals surface area contributed by atoms with E-state index in [2.05, 4.69) is 4.98 Å². The molecule has 29 heavy (non-hydrogen) atoms. The summed E-state index contributed by atoms with van der Waals surface area (Å²) in [4.78, 5) is 16.2. The zero-order chi connectivity index (χ0) is 20.1. The molecule has 1 heterocycles. The fraction of sp³-hybridized carbons (Fsp3) is 0.0400. The van der Waals surface area contributed by atoms with E-state index >= 15 is 0 Å². The van der Waals surface area contributed by atoms with E-state index in [9.17, 15) is 4.79 Å². The summed E-state index contributed by atoms with van der Waals surface area (Å²) in [6.07, 6.45) is 2.68. The number of halogens is 1. The van der Waals surface area contributed by atoms with Gasteiger partial charge in [-0.15, -0.1) is 0 Å². The first kappa shape index (κ1) is 18.9. The molecule has 142 valence electrons. The SMILES string of the molecule is O=C/C(=C/c1ccc(Cl)cc1)c1ccc(OCc2ccc3ccccc3n2)cc1. The van der Waals surface area contributed by atoms with Gasteiger partial charge in [-0.25, -0.2) is 4.98 Å². The van der Waals surface area contributed by atoms with Crippen LogP contribution in [-0.2, 0) is 11.4 Å². The van der Waals surface area contributed by atoms with E-state index in [0.717, 1.165) is 39.8 Å². The maximum Gasteiger partial charge on any atom is 0.150 e. The number of ether oxygens (including phenoxy) is 1. The number of nitrogens with zero attached hydrogens (tertiary/aromatic N) is 1. The quantitative estimate of drug-likeness (QED) is 0.220. The Balaban J connectivity index is 1.46. The Morgan fingerprint density at radius 2 is 1.66 bits per heavy atom. The van der Waals surface area contributed by atoms with Crippen LogP contribution in [0.2, 0.25) is 5.02 Å². The molecule has 1 aromatic heterocycles. The minimum Gasteiger partial charge on any atom is -0.487 e. The smallest absolute Gasteiger partial charge is 0.150 e. The van der Waals surface area contributed by atoms with Crippen molar-refractivity contribution in [2.75, 3.05) is 0 Å². The second-order valence-electron chi connectivity index (χ2n) is 6.58. The third-order valence-electron chi connectivity index (χ3n) is 4.55. The fourth-order valence-electron chi connectivity index (χ4n) is 3.01. The molecule has 3 nitrogen and oxygen atoms in total. The van der Waals surface area contributed by atoms with Gasteiger partial charge in [0.05, 0.1) is 11.2 Å². The van der Waals surface area contributed by atoms with E-state index in [1.807, 2.05) is 78.9 Å². The molecular weight excluding hydrogens is 382 g/mol. The Kier molecular flexibility index (Phi) is 5.68. The van der Waals surface area contributed by atoms with E-state index in [1.165, 1.54) is 0 Å². The van der Waals surface area contributed by atoms with Gasteiger partial charge >= 0.3 is 0 Å². The van der Waals surface area contributed by atoms with Gasteiger partial charge in [0.2, 0.25) is 0 Å². The Morgan fingerprint density at radius 3 is 2.41 bits per heavy atom. The number of rotatable bonds is 6. The van der Waals surface area contributed by atoms with Gasteiger partial charge in [0.25, 0.3) is 0 Å². The predicted molar refractivity (Wildman–Crippen MR) is 118 cm³/mol. The van der Waals surface area contributed by atoms with Gasteiger partial charge in [0.15, 0.2) is 6.29 Å². The molecule has 0 saturated carbocycles. The van der Waals surface area contributed by atoms with Crippen LogP contribution >= 0.6 is 11.6 Å². The van der Waals surface area contributed by atoms with Crippen LogP contribution < -0.4 is 4.74 Å². The average Bonchev–Trinajstić information content (AvgIpc) is 2.77. The van der Waals surface area contributed by atoms with Crippen molar-refractivity contribution in [2.45, 2.75) is 6.61 Å². The molecule has 3 aromatic carbocycles. The van der Waals surface area contributed by atoms with E-state index in [0.29, 0.717) is 17.2 Å². The van der Waals surface area contributed by atoms with Crippen LogP contribution in [0.5, 0.6) is 5.75 Å². The molecule has 0 spiro atoms. The van der Waals surface area contributed by atoms with Gasteiger partial charge in [-0.05, 0) is 53.6 Å². The molecule has 0 amide bonds. The molecule has 0 radical (unpaired) electrons. The second-order valence-corrected chi connectivity index (χ2v) is 7.01. The lowest BCUT2D eigenvalue weighted by atomic mass is 10.0. The molecule has 4 rings (SSSR count). The number of carbonyl (C=O) groups is 1. The standard InChI is InChI=1S/C25H18ClNO2/c26-22-10-5-18(6-11-22)15-21(16-28)19-8-13-24(14-9-19)29-17-23-12-7-20-3-1-2-4-25(20)27-23/h1-16H,17H2/b21-15-. The molecule has 0 aliphatic carbocycles. The zero-order valence-electron chi connectivity index (χ0n) is 15.6. The van der Waals surface area contributed by atoms with Crippen molar-refractivity contribution in [2.24, 2.45) is 0 Å². The highest BCUT2D eigenvalue weighted by molar-refractivity contribution is 6.30. The van der Waals surface area contributed by atoms with Crippen molar-refractivity contribution >= 4 is 40.4 Å². The van der Waals surface area contributed by atoms with Crippen LogP contribution in [0.4, 0.5) is 0 Å². The minimum atomic E-state index is 0.380. The van der Waals surface area contributed by atoms with Crippen molar-refractivity contribution in [1.82, 2.24) is 4.98 Å². The summed E-state index contributed by atoms with van der Waals surface area (Å²) in [6, 6.07) is 26.8. The van der Waals surface area contributed by atoms with Gasteiger partial charge < -0.3 is 4.74 Å². The minimum absolute atomic E-state index is 0.380. The normalized spacial score (nSPS) is 11.4. The van der Waals surface area contributed by atoms with Crippen molar-refractivity contribution in [1.29, 1.82) is 0 Å². The Morgan fingerprint density at radius 1 is 0.897 bits per heavy atom. The van der Waals surface area contributed by atoms with Crippen LogP contribution in [0.25, 0.3) is 22.6 Å². The number of aromatic nitrogens is 1. The first-order valence-electron chi connectivity index (χ1n) is 9.22. The summed E-state index contributed by atoms with van der Waals surface area (Å²) in [6.45, 7) is 0.380. The number of para-hydroxylation sites is 1. The predicted octanol–water partition coefficient (Wildman–Crippen LogP) is 6.21. The number of benzene rings is 3. The lowest BCUT2D eigenvalue weighted by Crippen LogP contribution is -1.98. The first-order valence-corrected chi connectivity index (χ1v) is 9.59. The maximum atomic E-state index is 11.5. The fourth-order valence-corrected chi connectivity index (χ4v) is 3.14. The van der Waals surface area contributed by atoms with Crippen molar-refractivity contribution in [3.8, 4) is 5.75 Å². The highest BCUT2D eigenvalue weighted by Crippen LogP contribution is 2.22. The molecule has 0 N–H and O–H groups in total. The lowest BCUT2D eigenvalue weighted by molar-refractivity contribution is -0.103. The van der Waals surface area contributed by atoms with Gasteiger partial charge in [0, 0.05) is 16.0 Å². The van der Waals surface area contributed by atoms with E-state index in [-0.39, 0.29) is 0 Å². The Labute approximate surface area is 174 Å². The molecular formula is C25H18ClNO2. The topological polar surface area (TPSA) is 39.2 Å². The number of fused-ring (bicyclic) bond motifs is 1. The lowest BCUT2D eigenvalue weighted by Gasteiger charge is -2.08. The molecule has 4 heteroatoms. The third kappa shape index (κ3) is 4.71. The summed E-state index contributed by atoms with van der Waals surface area (Å²) < 4.78 is 5.86. The maximum absolute atomic E-state index is 11.5. The highest BCUT2D eigenvalue weighted by Gasteiger charge is 2.04. The van der Waals surface area contributed by atoms with Crippen LogP contribution in [0.1, 0.15) is 16.8 Å². The van der Waals surface area contributed by atoms with Crippen LogP contribution in [-0.4, -0.2) is 11.3 Å². The highest BCUT2D eigenvalue weighted by atomic mass is 35.5. The van der Waals surface area contributed by atoms with Crippen molar-refractivity contribution in [3.05, 3.63) is 107 Å². The number of pyridine rings is 1. The van der Waals surface area contributed by atoms with E-state index in [4.69, 9.17) is 16.3 Å². The monoisotopic (exact) mass is 399 g/mol. The largest absolute Gasteiger partial charge is 0.487 e. The summed E-state index contributed by atoms with van der Waals surface area (Å²) in [5.41, 5.74) is 4.15. The van der Waals surface area contributed by atoms with Crippen LogP contribution in [0, 0.1) is 0 Å². The van der Waals surface area contributed by atoms with E-state index in [1.54, 1.807) is 12.1 Å². The summed E-state index contributed by atoms with van der Waals surface area (Å²) in [5.74, 6) is 0.723. The summed E-state index contributed by atoms with van der Waals surface area (Å²) in [5, 5.41) is 1.77. The molecule has 0 unspecified atom stereocenters. The van der Waals surface area contributed by atoms with Crippen molar-refractivity contribution in [3.63, 3.8) is 0 Å². The first-order chi connectivity index (χ1) is 14.2. The van der Waals surface area contributed by atoms with Gasteiger partial charge in [-0.3, -0.25) is 4.79 Å². The van der Waals surface area contributed by atoms with Crippen LogP contribution in [0.15, 0.2) is 84.9 Å². The van der Waals surface area contributed by atoms with Crippen molar-refractivity contribution < 1.29 is 9.53 Å². The second kappa shape index (κ2) is 8.72. The number of aldehydes is 1. The number of hydrogen-bond acceptors (Lipinski definition) is 3. The third-order valence-corrected chi connectivity index (χ3v) is 4.80. The van der Waals surface area contributed by atoms with E-state index < -0.39 is 0 Å². The van der Waals surface area contributed by atoms with Gasteiger partial charge in [0.1, 0.15) is 12.4 Å². The number of hydrogen-bond donors (Lipinski definition) is 0. The average molecular weight is 400 g/mol. The molecule has 0 saturated heterocycles. The molecule has 0 aliphatic rings. The van der Waals surface area contributed by atoms with Gasteiger partial charge in [-0.2, -0.15) is 0 Å². The molecule has 0 bridgehead atoms. The van der Waals surface area contributed by atoms with Gasteiger partial charge in [-0.1, -0.05) is 60.1 Å². The summed E-state index contributed by atoms with van der Waals surface area (Å²) in [7, 11) is 0. The number of allylic oxidation sites excluding steroid dienone is 1. The Bertz CT molecular complexity index is 1170. The van der Waals surface area contributed by atoms with Crippen LogP contribution in [0.3, 0.4) is 0 Å². The molecule has 4 aromatic rings. The molecule has 0 aliphatic heterocycles. The Hall–Kier alpha value is -3.43.